The number of carbonyl (C=O) groups is 1. The van der Waals surface area contributed by atoms with Gasteiger partial charge in [0.25, 0.3) is 0 Å². The molecule has 0 atom stereocenters. The van der Waals surface area contributed by atoms with E-state index < -0.39 is 0 Å². The van der Waals surface area contributed by atoms with Crippen LogP contribution in [0.25, 0.3) is 0 Å². The minimum Gasteiger partial charge on any atom is -0.356 e. The molecule has 1 aliphatic rings. The summed E-state index contributed by atoms with van der Waals surface area (Å²) in [6.45, 7) is 2.88. The predicted molar refractivity (Wildman–Crippen MR) is 91.5 cm³/mol. The van der Waals surface area contributed by atoms with Gasteiger partial charge in [-0.15, -0.1) is 24.0 Å². The monoisotopic (exact) mass is 406 g/mol. The molecule has 1 aromatic carbocycles. The Kier molecular flexibility index (Phi) is 8.03. The standard InChI is InChI=1S/C14H19FN4O.HI/c15-12-4-1-3-11(9-12)10-13(20)16-7-8-19-14-17-5-2-6-18-14;/h1,3-4,9H,2,5-8,10H2,(H,16,20)(H2,17,18,19);1H. The summed E-state index contributed by atoms with van der Waals surface area (Å²) >= 11 is 0. The Morgan fingerprint density at radius 1 is 1.38 bits per heavy atom. The Balaban J connectivity index is 0.00000220. The van der Waals surface area contributed by atoms with Gasteiger partial charge in [0.1, 0.15) is 5.82 Å². The number of nitrogens with one attached hydrogen (secondary N) is 3. The molecule has 116 valence electrons. The second-order valence-corrected chi connectivity index (χ2v) is 4.59. The number of benzene rings is 1. The topological polar surface area (TPSA) is 65.5 Å². The van der Waals surface area contributed by atoms with Gasteiger partial charge in [0.15, 0.2) is 5.96 Å². The average molecular weight is 406 g/mol. The van der Waals surface area contributed by atoms with Crippen LogP contribution in [0, 0.1) is 5.82 Å². The maximum atomic E-state index is 13.0. The fourth-order valence-corrected chi connectivity index (χ4v) is 1.93. The minimum absolute atomic E-state index is 0. The van der Waals surface area contributed by atoms with Gasteiger partial charge in [0.05, 0.1) is 6.42 Å². The van der Waals surface area contributed by atoms with Gasteiger partial charge in [-0.3, -0.25) is 9.79 Å². The Labute approximate surface area is 140 Å². The molecule has 2 rings (SSSR count). The van der Waals surface area contributed by atoms with Crippen molar-refractivity contribution in [3.05, 3.63) is 35.6 Å². The summed E-state index contributed by atoms with van der Waals surface area (Å²) < 4.78 is 13.0. The smallest absolute Gasteiger partial charge is 0.224 e. The highest BCUT2D eigenvalue weighted by Gasteiger charge is 2.05. The maximum absolute atomic E-state index is 13.0. The second-order valence-electron chi connectivity index (χ2n) is 4.59. The van der Waals surface area contributed by atoms with Crippen molar-refractivity contribution in [2.75, 3.05) is 26.2 Å². The van der Waals surface area contributed by atoms with Crippen LogP contribution >= 0.6 is 24.0 Å². The molecule has 0 radical (unpaired) electrons. The van der Waals surface area contributed by atoms with Crippen molar-refractivity contribution >= 4 is 35.8 Å². The van der Waals surface area contributed by atoms with E-state index in [1.165, 1.54) is 12.1 Å². The van der Waals surface area contributed by atoms with Crippen LogP contribution in [-0.4, -0.2) is 38.0 Å². The number of hydrogen-bond donors (Lipinski definition) is 3. The largest absolute Gasteiger partial charge is 0.356 e. The third kappa shape index (κ3) is 6.74. The van der Waals surface area contributed by atoms with Gasteiger partial charge in [-0.1, -0.05) is 12.1 Å². The zero-order valence-corrected chi connectivity index (χ0v) is 14.0. The third-order valence-electron chi connectivity index (χ3n) is 2.89. The zero-order chi connectivity index (χ0) is 14.2. The molecule has 1 aromatic rings. The Morgan fingerprint density at radius 3 is 2.95 bits per heavy atom. The zero-order valence-electron chi connectivity index (χ0n) is 11.7. The quantitative estimate of drug-likeness (QED) is 0.506. The Morgan fingerprint density at radius 2 is 2.24 bits per heavy atom. The molecule has 0 saturated carbocycles. The lowest BCUT2D eigenvalue weighted by Gasteiger charge is -2.16. The summed E-state index contributed by atoms with van der Waals surface area (Å²) in [6.07, 6.45) is 1.24. The van der Waals surface area contributed by atoms with Crippen LogP contribution in [0.1, 0.15) is 12.0 Å². The highest BCUT2D eigenvalue weighted by atomic mass is 127. The number of carbonyl (C=O) groups excluding carboxylic acids is 1. The molecule has 0 unspecified atom stereocenters. The van der Waals surface area contributed by atoms with Crippen molar-refractivity contribution in [2.24, 2.45) is 4.99 Å². The first kappa shape index (κ1) is 17.7. The molecule has 3 N–H and O–H groups in total. The Bertz CT molecular complexity index is 496. The van der Waals surface area contributed by atoms with Gasteiger partial charge in [0.2, 0.25) is 5.91 Å². The van der Waals surface area contributed by atoms with E-state index in [1.54, 1.807) is 12.1 Å². The van der Waals surface area contributed by atoms with Gasteiger partial charge < -0.3 is 16.0 Å². The lowest BCUT2D eigenvalue weighted by atomic mass is 10.1. The van der Waals surface area contributed by atoms with Crippen molar-refractivity contribution in [3.8, 4) is 0 Å². The van der Waals surface area contributed by atoms with E-state index in [4.69, 9.17) is 0 Å². The number of rotatable bonds is 5. The first-order valence-electron chi connectivity index (χ1n) is 6.77. The SMILES string of the molecule is I.O=C(Cc1cccc(F)c1)NCCNC1=NCCCN1. The van der Waals surface area contributed by atoms with Crippen molar-refractivity contribution < 1.29 is 9.18 Å². The molecule has 0 fully saturated rings. The molecule has 0 saturated heterocycles. The fraction of sp³-hybridized carbons (Fsp3) is 0.429. The summed E-state index contributed by atoms with van der Waals surface area (Å²) in [6, 6.07) is 6.08. The van der Waals surface area contributed by atoms with Gasteiger partial charge in [-0.2, -0.15) is 0 Å². The van der Waals surface area contributed by atoms with E-state index in [-0.39, 0.29) is 42.1 Å². The van der Waals surface area contributed by atoms with E-state index >= 15 is 0 Å². The van der Waals surface area contributed by atoms with Crippen LogP contribution in [0.15, 0.2) is 29.3 Å². The van der Waals surface area contributed by atoms with E-state index in [1.807, 2.05) is 0 Å². The lowest BCUT2D eigenvalue weighted by molar-refractivity contribution is -0.120. The summed E-state index contributed by atoms with van der Waals surface area (Å²) in [4.78, 5) is 15.9. The van der Waals surface area contributed by atoms with Crippen molar-refractivity contribution in [1.82, 2.24) is 16.0 Å². The van der Waals surface area contributed by atoms with Gasteiger partial charge >= 0.3 is 0 Å². The predicted octanol–water partition coefficient (Wildman–Crippen LogP) is 1.04. The molecule has 1 amide bonds. The van der Waals surface area contributed by atoms with Gasteiger partial charge in [0, 0.05) is 26.2 Å². The summed E-state index contributed by atoms with van der Waals surface area (Å²) in [5, 5.41) is 9.04. The molecule has 0 spiro atoms. The lowest BCUT2D eigenvalue weighted by Crippen LogP contribution is -2.43. The third-order valence-corrected chi connectivity index (χ3v) is 2.89. The maximum Gasteiger partial charge on any atom is 0.224 e. The van der Waals surface area contributed by atoms with Gasteiger partial charge in [-0.05, 0) is 24.1 Å². The fourth-order valence-electron chi connectivity index (χ4n) is 1.93. The molecule has 0 bridgehead atoms. The molecular weight excluding hydrogens is 386 g/mol. The van der Waals surface area contributed by atoms with Crippen molar-refractivity contribution in [1.29, 1.82) is 0 Å². The number of halogens is 2. The van der Waals surface area contributed by atoms with Gasteiger partial charge in [-0.25, -0.2) is 4.39 Å². The highest BCUT2D eigenvalue weighted by molar-refractivity contribution is 14.0. The van der Waals surface area contributed by atoms with E-state index in [0.29, 0.717) is 18.7 Å². The van der Waals surface area contributed by atoms with Crippen LogP contribution in [0.5, 0.6) is 0 Å². The number of guanidine groups is 1. The van der Waals surface area contributed by atoms with Crippen LogP contribution < -0.4 is 16.0 Å². The number of amides is 1. The number of nitrogens with zero attached hydrogens (tertiary/aromatic N) is 1. The number of hydrogen-bond acceptors (Lipinski definition) is 4. The Hall–Kier alpha value is -1.38. The van der Waals surface area contributed by atoms with Crippen LogP contribution in [-0.2, 0) is 11.2 Å². The van der Waals surface area contributed by atoms with E-state index in [2.05, 4.69) is 20.9 Å². The summed E-state index contributed by atoms with van der Waals surface area (Å²) in [7, 11) is 0. The van der Waals surface area contributed by atoms with Crippen LogP contribution in [0.3, 0.4) is 0 Å². The minimum atomic E-state index is -0.321. The number of aliphatic imine (C=N–C) groups is 1. The first-order valence-corrected chi connectivity index (χ1v) is 6.77. The van der Waals surface area contributed by atoms with E-state index in [0.717, 1.165) is 25.5 Å². The molecule has 0 aromatic heterocycles. The molecule has 21 heavy (non-hydrogen) atoms. The molecule has 0 aliphatic carbocycles. The molecular formula is C14H20FIN4O. The van der Waals surface area contributed by atoms with Crippen LogP contribution in [0.4, 0.5) is 4.39 Å². The first-order chi connectivity index (χ1) is 9.74. The average Bonchev–Trinajstić information content (AvgIpc) is 2.45. The molecule has 1 heterocycles. The summed E-state index contributed by atoms with van der Waals surface area (Å²) in [5.74, 6) is 0.352. The molecule has 1 aliphatic heterocycles. The highest BCUT2D eigenvalue weighted by Crippen LogP contribution is 2.03. The molecule has 5 nitrogen and oxygen atoms in total. The molecule has 7 heteroatoms. The summed E-state index contributed by atoms with van der Waals surface area (Å²) in [5.41, 5.74) is 0.675. The second kappa shape index (κ2) is 9.54. The van der Waals surface area contributed by atoms with E-state index in [9.17, 15) is 9.18 Å². The van der Waals surface area contributed by atoms with Crippen LogP contribution in [0.2, 0.25) is 0 Å². The normalized spacial score (nSPS) is 13.5. The van der Waals surface area contributed by atoms with Crippen molar-refractivity contribution in [3.63, 3.8) is 0 Å². The van der Waals surface area contributed by atoms with Crippen molar-refractivity contribution in [2.45, 2.75) is 12.8 Å².